The van der Waals surface area contributed by atoms with Gasteiger partial charge >= 0.3 is 5.97 Å². The highest BCUT2D eigenvalue weighted by Crippen LogP contribution is 2.15. The quantitative estimate of drug-likeness (QED) is 0.0682. The van der Waals surface area contributed by atoms with Gasteiger partial charge in [0, 0.05) is 19.5 Å². The highest BCUT2D eigenvalue weighted by Gasteiger charge is 2.24. The fraction of sp³-hybridized carbons (Fsp3) is 0.949. The van der Waals surface area contributed by atoms with Crippen LogP contribution in [0.5, 0.6) is 0 Å². The lowest BCUT2D eigenvalue weighted by atomic mass is 10.0. The monoisotopic (exact) mass is 623 g/mol. The van der Waals surface area contributed by atoms with Gasteiger partial charge in [0.1, 0.15) is 0 Å². The van der Waals surface area contributed by atoms with E-state index in [1.54, 1.807) is 0 Å². The summed E-state index contributed by atoms with van der Waals surface area (Å²) in [5.41, 5.74) is 0. The van der Waals surface area contributed by atoms with Gasteiger partial charge in [-0.15, -0.1) is 0 Å². The molecule has 0 aromatic rings. The van der Waals surface area contributed by atoms with E-state index in [-0.39, 0.29) is 18.4 Å². The smallest absolute Gasteiger partial charge is 0.303 e. The lowest BCUT2D eigenvalue weighted by Gasteiger charge is -2.28. The number of nitrogens with one attached hydrogen (secondary N) is 1. The van der Waals surface area contributed by atoms with E-state index in [0.717, 1.165) is 38.9 Å². The number of carbonyl (C=O) groups is 2. The van der Waals surface area contributed by atoms with Crippen molar-refractivity contribution >= 4 is 11.9 Å². The molecule has 0 aromatic carbocycles. The standard InChI is InChI=1S/C39H78N2O3/c1-4-7-10-13-16-17-18-19-20-21-22-23-24-25-26-29-34-40-37(32-33-38(42)43)39(44)41(35-30-27-14-11-8-5-2)36-31-28-15-12-9-6-3/h37,40H,4-36H2,1-3H3,(H,42,43)/t37-/m0/s1. The van der Waals surface area contributed by atoms with Gasteiger partial charge in [0.15, 0.2) is 0 Å². The van der Waals surface area contributed by atoms with Crippen LogP contribution in [0.25, 0.3) is 0 Å². The Labute approximate surface area is 275 Å². The number of nitrogens with zero attached hydrogens (tertiary/aromatic N) is 1. The zero-order valence-corrected chi connectivity index (χ0v) is 30.1. The summed E-state index contributed by atoms with van der Waals surface area (Å²) in [5, 5.41) is 12.8. The highest BCUT2D eigenvalue weighted by molar-refractivity contribution is 5.82. The Morgan fingerprint density at radius 3 is 1.16 bits per heavy atom. The summed E-state index contributed by atoms with van der Waals surface area (Å²) in [6, 6.07) is -0.373. The van der Waals surface area contributed by atoms with Gasteiger partial charge in [-0.3, -0.25) is 9.59 Å². The van der Waals surface area contributed by atoms with Crippen LogP contribution in [0.1, 0.15) is 213 Å². The molecule has 0 bridgehead atoms. The van der Waals surface area contributed by atoms with Gasteiger partial charge in [-0.1, -0.05) is 181 Å². The van der Waals surface area contributed by atoms with E-state index < -0.39 is 5.97 Å². The molecule has 0 saturated carbocycles. The van der Waals surface area contributed by atoms with Crippen LogP contribution in [0.2, 0.25) is 0 Å². The van der Waals surface area contributed by atoms with Crippen molar-refractivity contribution in [3.63, 3.8) is 0 Å². The zero-order chi connectivity index (χ0) is 32.4. The van der Waals surface area contributed by atoms with Crippen molar-refractivity contribution in [1.82, 2.24) is 10.2 Å². The molecule has 5 heteroatoms. The van der Waals surface area contributed by atoms with Crippen LogP contribution in [0.15, 0.2) is 0 Å². The van der Waals surface area contributed by atoms with Crippen molar-refractivity contribution in [1.29, 1.82) is 0 Å². The second-order valence-corrected chi connectivity index (χ2v) is 13.6. The first-order valence-electron chi connectivity index (χ1n) is 19.8. The van der Waals surface area contributed by atoms with Gasteiger partial charge in [0.05, 0.1) is 6.04 Å². The third-order valence-corrected chi connectivity index (χ3v) is 9.24. The molecule has 2 N–H and O–H groups in total. The third kappa shape index (κ3) is 29.6. The Balaban J connectivity index is 4.34. The Morgan fingerprint density at radius 2 is 0.818 bits per heavy atom. The van der Waals surface area contributed by atoms with Gasteiger partial charge in [-0.05, 0) is 32.2 Å². The van der Waals surface area contributed by atoms with E-state index >= 15 is 0 Å². The number of carboxylic acids is 1. The largest absolute Gasteiger partial charge is 0.481 e. The Morgan fingerprint density at radius 1 is 0.500 bits per heavy atom. The molecule has 1 amide bonds. The fourth-order valence-electron chi connectivity index (χ4n) is 6.25. The molecule has 0 fully saturated rings. The molecule has 0 aliphatic carbocycles. The average Bonchev–Trinajstić information content (AvgIpc) is 3.02. The first-order chi connectivity index (χ1) is 21.6. The molecule has 0 heterocycles. The molecular weight excluding hydrogens is 544 g/mol. The predicted molar refractivity (Wildman–Crippen MR) is 192 cm³/mol. The summed E-state index contributed by atoms with van der Waals surface area (Å²) < 4.78 is 0. The summed E-state index contributed by atoms with van der Waals surface area (Å²) >= 11 is 0. The molecule has 0 rings (SSSR count). The normalized spacial score (nSPS) is 12.1. The van der Waals surface area contributed by atoms with E-state index in [4.69, 9.17) is 0 Å². The molecule has 0 unspecified atom stereocenters. The van der Waals surface area contributed by atoms with E-state index in [1.165, 1.54) is 161 Å². The van der Waals surface area contributed by atoms with Crippen LogP contribution in [0.3, 0.4) is 0 Å². The molecule has 0 aliphatic rings. The number of carbonyl (C=O) groups excluding carboxylic acids is 1. The Hall–Kier alpha value is -1.10. The number of unbranched alkanes of at least 4 members (excludes halogenated alkanes) is 25. The first-order valence-corrected chi connectivity index (χ1v) is 19.8. The number of hydrogen-bond donors (Lipinski definition) is 2. The number of hydrogen-bond acceptors (Lipinski definition) is 3. The maximum atomic E-state index is 13.7. The van der Waals surface area contributed by atoms with Crippen LogP contribution in [-0.4, -0.2) is 47.6 Å². The molecule has 1 atom stereocenters. The van der Waals surface area contributed by atoms with Crippen LogP contribution >= 0.6 is 0 Å². The van der Waals surface area contributed by atoms with E-state index in [2.05, 4.69) is 31.0 Å². The van der Waals surface area contributed by atoms with E-state index in [9.17, 15) is 14.7 Å². The Kier molecular flexibility index (Phi) is 33.9. The topological polar surface area (TPSA) is 69.6 Å². The maximum absolute atomic E-state index is 13.7. The number of rotatable bonds is 36. The minimum absolute atomic E-state index is 0.0459. The number of amides is 1. The van der Waals surface area contributed by atoms with Crippen LogP contribution in [0, 0.1) is 0 Å². The lowest BCUT2D eigenvalue weighted by molar-refractivity contribution is -0.138. The van der Waals surface area contributed by atoms with Crippen molar-refractivity contribution in [2.45, 2.75) is 219 Å². The van der Waals surface area contributed by atoms with Gasteiger partial charge in [-0.2, -0.15) is 0 Å². The van der Waals surface area contributed by atoms with Crippen molar-refractivity contribution in [3.8, 4) is 0 Å². The fourth-order valence-corrected chi connectivity index (χ4v) is 6.25. The van der Waals surface area contributed by atoms with E-state index in [0.29, 0.717) is 6.42 Å². The van der Waals surface area contributed by atoms with Gasteiger partial charge in [0.2, 0.25) is 5.91 Å². The van der Waals surface area contributed by atoms with Crippen molar-refractivity contribution in [3.05, 3.63) is 0 Å². The number of carboxylic acid groups (broad SMARTS) is 1. The summed E-state index contributed by atoms with van der Waals surface area (Å²) in [5.74, 6) is -0.685. The van der Waals surface area contributed by atoms with Gasteiger partial charge in [-0.25, -0.2) is 0 Å². The molecule has 5 nitrogen and oxygen atoms in total. The zero-order valence-electron chi connectivity index (χ0n) is 30.1. The molecule has 44 heavy (non-hydrogen) atoms. The molecule has 0 saturated heterocycles. The van der Waals surface area contributed by atoms with Crippen molar-refractivity contribution in [2.24, 2.45) is 0 Å². The maximum Gasteiger partial charge on any atom is 0.303 e. The first kappa shape index (κ1) is 42.9. The molecule has 262 valence electrons. The number of aliphatic carboxylic acids is 1. The SMILES string of the molecule is CCCCCCCCCCCCCCCCCCN[C@@H](CCC(=O)O)C(=O)N(CCCCCCCC)CCCCCCCC. The van der Waals surface area contributed by atoms with E-state index in [1.807, 2.05) is 0 Å². The Bertz CT molecular complexity index is 596. The lowest BCUT2D eigenvalue weighted by Crippen LogP contribution is -2.47. The van der Waals surface area contributed by atoms with Crippen LogP contribution in [0.4, 0.5) is 0 Å². The minimum Gasteiger partial charge on any atom is -0.481 e. The summed E-state index contributed by atoms with van der Waals surface area (Å²) in [7, 11) is 0. The van der Waals surface area contributed by atoms with Crippen molar-refractivity contribution in [2.75, 3.05) is 19.6 Å². The second kappa shape index (κ2) is 34.8. The van der Waals surface area contributed by atoms with Gasteiger partial charge < -0.3 is 15.3 Å². The van der Waals surface area contributed by atoms with Crippen LogP contribution in [-0.2, 0) is 9.59 Å². The average molecular weight is 623 g/mol. The van der Waals surface area contributed by atoms with Crippen LogP contribution < -0.4 is 5.32 Å². The van der Waals surface area contributed by atoms with Crippen molar-refractivity contribution < 1.29 is 14.7 Å². The third-order valence-electron chi connectivity index (χ3n) is 9.24. The summed E-state index contributed by atoms with van der Waals surface area (Å²) in [4.78, 5) is 27.1. The molecule has 0 radical (unpaired) electrons. The molecule has 0 aliphatic heterocycles. The second-order valence-electron chi connectivity index (χ2n) is 13.6. The summed E-state index contributed by atoms with van der Waals surface area (Å²) in [6.45, 7) is 9.19. The predicted octanol–water partition coefficient (Wildman–Crippen LogP) is 11.6. The summed E-state index contributed by atoms with van der Waals surface area (Å²) in [6.07, 6.45) is 36.6. The molecule has 0 spiro atoms. The van der Waals surface area contributed by atoms with Gasteiger partial charge in [0.25, 0.3) is 0 Å². The molecule has 0 aromatic heterocycles. The minimum atomic E-state index is -0.814. The highest BCUT2D eigenvalue weighted by atomic mass is 16.4. The molecular formula is C39H78N2O3.